The standard InChI is InChI=1S/C11H16N2OS/c1-10(2)8-13(5-6-15-10)9(14)11(7-12)3-4-11/h3-6,8H2,1-2H3. The second-order valence-corrected chi connectivity index (χ2v) is 6.83. The summed E-state index contributed by atoms with van der Waals surface area (Å²) >= 11 is 1.90. The minimum Gasteiger partial charge on any atom is -0.339 e. The molecule has 2 aliphatic rings. The number of amides is 1. The van der Waals surface area contributed by atoms with Crippen molar-refractivity contribution in [3.63, 3.8) is 0 Å². The van der Waals surface area contributed by atoms with Gasteiger partial charge in [0.2, 0.25) is 5.91 Å². The molecule has 0 aromatic heterocycles. The van der Waals surface area contributed by atoms with E-state index in [9.17, 15) is 4.79 Å². The molecule has 2 fully saturated rings. The third-order valence-electron chi connectivity index (χ3n) is 3.09. The molecule has 0 N–H and O–H groups in total. The Labute approximate surface area is 94.8 Å². The SMILES string of the molecule is CC1(C)CN(C(=O)C2(C#N)CC2)CCS1. The predicted octanol–water partition coefficient (Wildman–Crippen LogP) is 1.64. The molecule has 1 aliphatic heterocycles. The Morgan fingerprint density at radius 2 is 2.13 bits per heavy atom. The van der Waals surface area contributed by atoms with Gasteiger partial charge in [0, 0.05) is 23.6 Å². The van der Waals surface area contributed by atoms with Crippen molar-refractivity contribution in [1.29, 1.82) is 5.26 Å². The Hall–Kier alpha value is -0.690. The zero-order valence-electron chi connectivity index (χ0n) is 9.25. The highest BCUT2D eigenvalue weighted by Gasteiger charge is 2.53. The van der Waals surface area contributed by atoms with Gasteiger partial charge in [-0.2, -0.15) is 17.0 Å². The lowest BCUT2D eigenvalue weighted by Gasteiger charge is -2.38. The second-order valence-electron chi connectivity index (χ2n) is 5.03. The van der Waals surface area contributed by atoms with Crippen molar-refractivity contribution in [3.8, 4) is 6.07 Å². The number of nitrogens with zero attached hydrogens (tertiary/aromatic N) is 2. The third kappa shape index (κ3) is 1.98. The van der Waals surface area contributed by atoms with E-state index in [2.05, 4.69) is 19.9 Å². The van der Waals surface area contributed by atoms with Crippen LogP contribution in [0.5, 0.6) is 0 Å². The highest BCUT2D eigenvalue weighted by molar-refractivity contribution is 8.00. The minimum absolute atomic E-state index is 0.0679. The van der Waals surface area contributed by atoms with Crippen molar-refractivity contribution in [3.05, 3.63) is 0 Å². The number of carbonyl (C=O) groups is 1. The lowest BCUT2D eigenvalue weighted by molar-refractivity contribution is -0.135. The van der Waals surface area contributed by atoms with Gasteiger partial charge in [-0.1, -0.05) is 0 Å². The summed E-state index contributed by atoms with van der Waals surface area (Å²) < 4.78 is 0.138. The van der Waals surface area contributed by atoms with E-state index in [1.54, 1.807) is 0 Å². The van der Waals surface area contributed by atoms with Crippen LogP contribution < -0.4 is 0 Å². The number of hydrogen-bond donors (Lipinski definition) is 0. The Bertz CT molecular complexity index is 328. The second kappa shape index (κ2) is 3.41. The van der Waals surface area contributed by atoms with Crippen molar-refractivity contribution in [2.24, 2.45) is 5.41 Å². The summed E-state index contributed by atoms with van der Waals surface area (Å²) in [6, 6.07) is 2.18. The molecule has 0 radical (unpaired) electrons. The first kappa shape index (κ1) is 10.8. The summed E-state index contributed by atoms with van der Waals surface area (Å²) in [4.78, 5) is 14.0. The smallest absolute Gasteiger partial charge is 0.243 e. The fraction of sp³-hybridized carbons (Fsp3) is 0.818. The van der Waals surface area contributed by atoms with Crippen LogP contribution in [0.2, 0.25) is 0 Å². The lowest BCUT2D eigenvalue weighted by atomic mass is 10.1. The molecule has 15 heavy (non-hydrogen) atoms. The zero-order valence-corrected chi connectivity index (χ0v) is 10.1. The average molecular weight is 224 g/mol. The first-order valence-electron chi connectivity index (χ1n) is 5.34. The van der Waals surface area contributed by atoms with E-state index in [1.165, 1.54) is 0 Å². The molecule has 1 saturated heterocycles. The molecule has 2 rings (SSSR count). The number of hydrogen-bond acceptors (Lipinski definition) is 3. The number of rotatable bonds is 1. The Kier molecular flexibility index (Phi) is 2.46. The highest BCUT2D eigenvalue weighted by Crippen LogP contribution is 2.47. The van der Waals surface area contributed by atoms with Crippen LogP contribution in [0.3, 0.4) is 0 Å². The summed E-state index contributed by atoms with van der Waals surface area (Å²) in [5, 5.41) is 8.98. The molecule has 1 saturated carbocycles. The van der Waals surface area contributed by atoms with E-state index in [-0.39, 0.29) is 10.7 Å². The minimum atomic E-state index is -0.641. The molecule has 3 nitrogen and oxygen atoms in total. The highest BCUT2D eigenvalue weighted by atomic mass is 32.2. The Balaban J connectivity index is 2.06. The Morgan fingerprint density at radius 3 is 2.60 bits per heavy atom. The molecule has 0 aromatic rings. The molecular formula is C11H16N2OS. The summed E-state index contributed by atoms with van der Waals surface area (Å²) in [7, 11) is 0. The maximum Gasteiger partial charge on any atom is 0.243 e. The van der Waals surface area contributed by atoms with Gasteiger partial charge in [0.1, 0.15) is 5.41 Å². The normalized spacial score (nSPS) is 26.9. The molecule has 0 bridgehead atoms. The molecule has 82 valence electrons. The van der Waals surface area contributed by atoms with Crippen LogP contribution in [0.1, 0.15) is 26.7 Å². The quantitative estimate of drug-likeness (QED) is 0.680. The molecule has 0 unspecified atom stereocenters. The monoisotopic (exact) mass is 224 g/mol. The molecule has 0 spiro atoms. The van der Waals surface area contributed by atoms with Gasteiger partial charge in [0.05, 0.1) is 6.07 Å². The van der Waals surface area contributed by atoms with Gasteiger partial charge in [-0.05, 0) is 26.7 Å². The van der Waals surface area contributed by atoms with E-state index < -0.39 is 5.41 Å². The van der Waals surface area contributed by atoms with E-state index in [0.717, 1.165) is 31.7 Å². The number of nitriles is 1. The van der Waals surface area contributed by atoms with E-state index in [4.69, 9.17) is 5.26 Å². The Morgan fingerprint density at radius 1 is 1.47 bits per heavy atom. The van der Waals surface area contributed by atoms with Crippen LogP contribution >= 0.6 is 11.8 Å². The van der Waals surface area contributed by atoms with Gasteiger partial charge in [-0.15, -0.1) is 0 Å². The molecular weight excluding hydrogens is 208 g/mol. The molecule has 0 atom stereocenters. The van der Waals surface area contributed by atoms with Crippen molar-refractivity contribution in [2.75, 3.05) is 18.8 Å². The van der Waals surface area contributed by atoms with Crippen LogP contribution in [0.4, 0.5) is 0 Å². The zero-order chi connectivity index (χ0) is 11.1. The topological polar surface area (TPSA) is 44.1 Å². The van der Waals surface area contributed by atoms with Crippen LogP contribution in [-0.4, -0.2) is 34.4 Å². The van der Waals surface area contributed by atoms with E-state index in [1.807, 2.05) is 16.7 Å². The van der Waals surface area contributed by atoms with Gasteiger partial charge in [-0.25, -0.2) is 0 Å². The molecule has 1 amide bonds. The van der Waals surface area contributed by atoms with Crippen LogP contribution in [0.25, 0.3) is 0 Å². The van der Waals surface area contributed by atoms with E-state index >= 15 is 0 Å². The van der Waals surface area contributed by atoms with Crippen molar-refractivity contribution in [2.45, 2.75) is 31.4 Å². The summed E-state index contributed by atoms with van der Waals surface area (Å²) in [5.41, 5.74) is -0.641. The first-order chi connectivity index (χ1) is 6.99. The maximum absolute atomic E-state index is 12.1. The van der Waals surface area contributed by atoms with Crippen LogP contribution in [0, 0.1) is 16.7 Å². The van der Waals surface area contributed by atoms with Gasteiger partial charge < -0.3 is 4.90 Å². The van der Waals surface area contributed by atoms with Gasteiger partial charge in [0.25, 0.3) is 0 Å². The molecule has 1 heterocycles. The number of carbonyl (C=O) groups excluding carboxylic acids is 1. The summed E-state index contributed by atoms with van der Waals surface area (Å²) in [6.45, 7) is 5.89. The van der Waals surface area contributed by atoms with Crippen LogP contribution in [-0.2, 0) is 4.79 Å². The third-order valence-corrected chi connectivity index (χ3v) is 4.38. The maximum atomic E-state index is 12.1. The van der Waals surface area contributed by atoms with Crippen molar-refractivity contribution in [1.82, 2.24) is 4.90 Å². The fourth-order valence-corrected chi connectivity index (χ4v) is 3.10. The van der Waals surface area contributed by atoms with Gasteiger partial charge in [0.15, 0.2) is 0 Å². The first-order valence-corrected chi connectivity index (χ1v) is 6.32. The number of thioether (sulfide) groups is 1. The van der Waals surface area contributed by atoms with Gasteiger partial charge in [-0.3, -0.25) is 4.79 Å². The van der Waals surface area contributed by atoms with Crippen molar-refractivity contribution >= 4 is 17.7 Å². The van der Waals surface area contributed by atoms with Crippen LogP contribution in [0.15, 0.2) is 0 Å². The molecule has 1 aliphatic carbocycles. The van der Waals surface area contributed by atoms with Crippen molar-refractivity contribution < 1.29 is 4.79 Å². The van der Waals surface area contributed by atoms with E-state index in [0.29, 0.717) is 0 Å². The fourth-order valence-electron chi connectivity index (χ4n) is 1.99. The average Bonchev–Trinajstić information content (AvgIpc) is 2.96. The largest absolute Gasteiger partial charge is 0.339 e. The van der Waals surface area contributed by atoms with Gasteiger partial charge >= 0.3 is 0 Å². The molecule has 4 heteroatoms. The predicted molar refractivity (Wildman–Crippen MR) is 60.4 cm³/mol. The summed E-state index contributed by atoms with van der Waals surface area (Å²) in [5.74, 6) is 1.05. The lowest BCUT2D eigenvalue weighted by Crippen LogP contribution is -2.48. The summed E-state index contributed by atoms with van der Waals surface area (Å²) in [6.07, 6.45) is 1.51. The molecule has 0 aromatic carbocycles.